The molecule has 1 rings (SSSR count). The van der Waals surface area contributed by atoms with Crippen LogP contribution in [0.1, 0.15) is 10.4 Å². The summed E-state index contributed by atoms with van der Waals surface area (Å²) in [4.78, 5) is 10.6. The molecule has 0 aliphatic heterocycles. The SMILES string of the molecule is O=C(NS)c1cn[nH]c1. The van der Waals surface area contributed by atoms with E-state index in [9.17, 15) is 4.79 Å². The number of rotatable bonds is 1. The molecule has 1 amide bonds. The van der Waals surface area contributed by atoms with Crippen LogP contribution >= 0.6 is 12.8 Å². The van der Waals surface area contributed by atoms with Gasteiger partial charge in [0.05, 0.1) is 11.8 Å². The van der Waals surface area contributed by atoms with E-state index >= 15 is 0 Å². The molecule has 0 aromatic carbocycles. The number of aromatic amines is 1. The molecule has 0 fully saturated rings. The number of H-pyrrole nitrogens is 1. The van der Waals surface area contributed by atoms with Crippen LogP contribution in [0.3, 0.4) is 0 Å². The maximum Gasteiger partial charge on any atom is 0.264 e. The molecular formula is C4H5N3OS. The fourth-order valence-electron chi connectivity index (χ4n) is 0.440. The lowest BCUT2D eigenvalue weighted by Gasteiger charge is -1.88. The van der Waals surface area contributed by atoms with Crippen LogP contribution in [0.25, 0.3) is 0 Å². The number of aromatic nitrogens is 2. The minimum Gasteiger partial charge on any atom is -0.299 e. The zero-order valence-electron chi connectivity index (χ0n) is 4.46. The molecule has 5 heteroatoms. The molecule has 2 N–H and O–H groups in total. The summed E-state index contributed by atoms with van der Waals surface area (Å²) in [6.07, 6.45) is 2.91. The highest BCUT2D eigenvalue weighted by molar-refractivity contribution is 7.78. The molecule has 1 aromatic heterocycles. The molecule has 0 atom stereocenters. The van der Waals surface area contributed by atoms with Crippen molar-refractivity contribution in [2.75, 3.05) is 0 Å². The summed E-state index contributed by atoms with van der Waals surface area (Å²) in [5.41, 5.74) is 0.477. The van der Waals surface area contributed by atoms with Crippen LogP contribution in [0.4, 0.5) is 0 Å². The molecule has 0 spiro atoms. The molecular weight excluding hydrogens is 138 g/mol. The van der Waals surface area contributed by atoms with E-state index in [0.717, 1.165) is 0 Å². The topological polar surface area (TPSA) is 57.8 Å². The number of hydrogen-bond acceptors (Lipinski definition) is 3. The second kappa shape index (κ2) is 2.54. The minimum atomic E-state index is -0.257. The molecule has 0 bridgehead atoms. The molecule has 0 aliphatic carbocycles. The van der Waals surface area contributed by atoms with Crippen molar-refractivity contribution in [3.8, 4) is 0 Å². The molecule has 0 aliphatic rings. The predicted octanol–water partition coefficient (Wildman–Crippen LogP) is -0.0157. The largest absolute Gasteiger partial charge is 0.299 e. The van der Waals surface area contributed by atoms with Gasteiger partial charge in [-0.25, -0.2) is 0 Å². The number of amides is 1. The van der Waals surface area contributed by atoms with Gasteiger partial charge in [0, 0.05) is 6.20 Å². The Morgan fingerprint density at radius 3 is 3.11 bits per heavy atom. The zero-order chi connectivity index (χ0) is 6.69. The molecule has 0 radical (unpaired) electrons. The van der Waals surface area contributed by atoms with Crippen molar-refractivity contribution in [3.63, 3.8) is 0 Å². The van der Waals surface area contributed by atoms with E-state index in [2.05, 4.69) is 27.7 Å². The van der Waals surface area contributed by atoms with Crippen molar-refractivity contribution in [1.29, 1.82) is 0 Å². The highest BCUT2D eigenvalue weighted by atomic mass is 32.1. The average Bonchev–Trinajstić information content (AvgIpc) is 2.37. The Kier molecular flexibility index (Phi) is 1.74. The fraction of sp³-hybridized carbons (Fsp3) is 0. The van der Waals surface area contributed by atoms with Crippen molar-refractivity contribution >= 4 is 18.7 Å². The van der Waals surface area contributed by atoms with Gasteiger partial charge in [0.25, 0.3) is 5.91 Å². The van der Waals surface area contributed by atoms with Crippen LogP contribution in [-0.4, -0.2) is 16.1 Å². The van der Waals surface area contributed by atoms with E-state index in [4.69, 9.17) is 0 Å². The summed E-state index contributed by atoms with van der Waals surface area (Å²) in [6.45, 7) is 0. The summed E-state index contributed by atoms with van der Waals surface area (Å²) < 4.78 is 2.16. The summed E-state index contributed by atoms with van der Waals surface area (Å²) in [6, 6.07) is 0. The summed E-state index contributed by atoms with van der Waals surface area (Å²) in [5.74, 6) is -0.257. The standard InChI is InChI=1S/C4H5N3OS/c8-4(7-9)3-1-5-6-2-3/h1-2,9H,(H,5,6)(H,7,8). The number of thiol groups is 1. The van der Waals surface area contributed by atoms with E-state index in [1.54, 1.807) is 0 Å². The first-order valence-electron chi connectivity index (χ1n) is 2.28. The second-order valence-corrected chi connectivity index (χ2v) is 1.65. The van der Waals surface area contributed by atoms with Gasteiger partial charge in [-0.3, -0.25) is 14.6 Å². The van der Waals surface area contributed by atoms with E-state index in [1.165, 1.54) is 12.4 Å². The zero-order valence-corrected chi connectivity index (χ0v) is 5.35. The van der Waals surface area contributed by atoms with E-state index in [0.29, 0.717) is 5.56 Å². The summed E-state index contributed by atoms with van der Waals surface area (Å²) >= 11 is 3.56. The van der Waals surface area contributed by atoms with Crippen LogP contribution < -0.4 is 4.72 Å². The third-order valence-corrected chi connectivity index (χ3v) is 1.07. The normalized spacial score (nSPS) is 9.00. The first-order valence-corrected chi connectivity index (χ1v) is 2.72. The second-order valence-electron chi connectivity index (χ2n) is 1.43. The van der Waals surface area contributed by atoms with Crippen LogP contribution in [-0.2, 0) is 0 Å². The number of nitrogens with one attached hydrogen (secondary N) is 2. The quantitative estimate of drug-likeness (QED) is 0.484. The van der Waals surface area contributed by atoms with Gasteiger partial charge in [-0.05, 0) is 0 Å². The molecule has 9 heavy (non-hydrogen) atoms. The van der Waals surface area contributed by atoms with Crippen LogP contribution in [0.2, 0.25) is 0 Å². The summed E-state index contributed by atoms with van der Waals surface area (Å²) in [5, 5.41) is 6.07. The number of carbonyl (C=O) groups is 1. The van der Waals surface area contributed by atoms with Gasteiger partial charge in [-0.1, -0.05) is 12.8 Å². The third-order valence-electron chi connectivity index (χ3n) is 0.862. The first-order chi connectivity index (χ1) is 4.34. The fourth-order valence-corrected chi connectivity index (χ4v) is 0.569. The summed E-state index contributed by atoms with van der Waals surface area (Å²) in [7, 11) is 0. The maximum atomic E-state index is 10.6. The van der Waals surface area contributed by atoms with E-state index in [1.807, 2.05) is 0 Å². The Labute approximate surface area is 57.2 Å². The third kappa shape index (κ3) is 1.23. The molecule has 48 valence electrons. The maximum absolute atomic E-state index is 10.6. The average molecular weight is 143 g/mol. The highest BCUT2D eigenvalue weighted by Crippen LogP contribution is 1.91. The molecule has 1 heterocycles. The Balaban J connectivity index is 2.77. The van der Waals surface area contributed by atoms with Crippen LogP contribution in [0.5, 0.6) is 0 Å². The van der Waals surface area contributed by atoms with Crippen molar-refractivity contribution < 1.29 is 4.79 Å². The Bertz CT molecular complexity index is 196. The monoisotopic (exact) mass is 143 g/mol. The Morgan fingerprint density at radius 1 is 1.89 bits per heavy atom. The smallest absolute Gasteiger partial charge is 0.264 e. The minimum absolute atomic E-state index is 0.257. The van der Waals surface area contributed by atoms with Gasteiger partial charge in [0.2, 0.25) is 0 Å². The van der Waals surface area contributed by atoms with E-state index < -0.39 is 0 Å². The lowest BCUT2D eigenvalue weighted by molar-refractivity contribution is 0.0985. The van der Waals surface area contributed by atoms with Crippen LogP contribution in [0.15, 0.2) is 12.4 Å². The van der Waals surface area contributed by atoms with E-state index in [-0.39, 0.29) is 5.91 Å². The van der Waals surface area contributed by atoms with Crippen molar-refractivity contribution in [1.82, 2.24) is 14.9 Å². The van der Waals surface area contributed by atoms with Gasteiger partial charge < -0.3 is 0 Å². The first kappa shape index (κ1) is 6.15. The highest BCUT2D eigenvalue weighted by Gasteiger charge is 2.01. The molecule has 1 aromatic rings. The van der Waals surface area contributed by atoms with Gasteiger partial charge >= 0.3 is 0 Å². The number of carbonyl (C=O) groups excluding carboxylic acids is 1. The molecule has 0 unspecified atom stereocenters. The van der Waals surface area contributed by atoms with Crippen molar-refractivity contribution in [2.45, 2.75) is 0 Å². The lowest BCUT2D eigenvalue weighted by Crippen LogP contribution is -2.10. The van der Waals surface area contributed by atoms with Gasteiger partial charge in [0.1, 0.15) is 0 Å². The van der Waals surface area contributed by atoms with Gasteiger partial charge in [-0.15, -0.1) is 0 Å². The van der Waals surface area contributed by atoms with Crippen molar-refractivity contribution in [2.24, 2.45) is 0 Å². The number of nitrogens with zero attached hydrogens (tertiary/aromatic N) is 1. The van der Waals surface area contributed by atoms with Crippen molar-refractivity contribution in [3.05, 3.63) is 18.0 Å². The molecule has 0 saturated heterocycles. The van der Waals surface area contributed by atoms with Crippen LogP contribution in [0, 0.1) is 0 Å². The Morgan fingerprint density at radius 2 is 2.67 bits per heavy atom. The predicted molar refractivity (Wildman–Crippen MR) is 35.0 cm³/mol. The van der Waals surface area contributed by atoms with Gasteiger partial charge in [0.15, 0.2) is 0 Å². The molecule has 4 nitrogen and oxygen atoms in total. The van der Waals surface area contributed by atoms with Gasteiger partial charge in [-0.2, -0.15) is 5.10 Å². The number of hydrogen-bond donors (Lipinski definition) is 3. The molecule has 0 saturated carbocycles. The lowest BCUT2D eigenvalue weighted by atomic mass is 10.4. The Hall–Kier alpha value is -0.970.